The molecule has 0 amide bonds. The Bertz CT molecular complexity index is 1120. The SMILES string of the molecule is Cc1ncc(C2=CCN(Cc3ccccc3)CC2)c(N2CCC(C)(C)CC2)c1C(OC(C)(C)C)C(=O)O. The summed E-state index contributed by atoms with van der Waals surface area (Å²) in [6.07, 6.45) is 6.23. The zero-order valence-electron chi connectivity index (χ0n) is 23.4. The maximum absolute atomic E-state index is 12.6. The number of aryl methyl sites for hydroxylation is 1. The lowest BCUT2D eigenvalue weighted by Gasteiger charge is -2.41. The molecule has 2 aliphatic rings. The Hall–Kier alpha value is -2.70. The highest BCUT2D eigenvalue weighted by atomic mass is 16.5. The lowest BCUT2D eigenvalue weighted by molar-refractivity contribution is -0.160. The molecule has 3 heterocycles. The lowest BCUT2D eigenvalue weighted by Crippen LogP contribution is -2.39. The smallest absolute Gasteiger partial charge is 0.337 e. The van der Waals surface area contributed by atoms with E-state index in [1.54, 1.807) is 0 Å². The van der Waals surface area contributed by atoms with Crippen molar-refractivity contribution >= 4 is 17.2 Å². The Kier molecular flexibility index (Phi) is 8.10. The first kappa shape index (κ1) is 27.3. The van der Waals surface area contributed by atoms with Crippen LogP contribution in [-0.4, -0.2) is 52.7 Å². The van der Waals surface area contributed by atoms with E-state index in [4.69, 9.17) is 9.72 Å². The molecule has 1 fully saturated rings. The van der Waals surface area contributed by atoms with Gasteiger partial charge in [0.2, 0.25) is 0 Å². The van der Waals surface area contributed by atoms with Crippen LogP contribution in [0.5, 0.6) is 0 Å². The fourth-order valence-electron chi connectivity index (χ4n) is 5.36. The van der Waals surface area contributed by atoms with Crippen molar-refractivity contribution in [2.75, 3.05) is 31.1 Å². The Balaban J connectivity index is 1.73. The molecule has 4 rings (SSSR count). The summed E-state index contributed by atoms with van der Waals surface area (Å²) in [5, 5.41) is 10.3. The van der Waals surface area contributed by atoms with Gasteiger partial charge in [0.25, 0.3) is 0 Å². The first-order valence-electron chi connectivity index (χ1n) is 13.5. The lowest BCUT2D eigenvalue weighted by atomic mass is 9.82. The van der Waals surface area contributed by atoms with Crippen molar-refractivity contribution in [2.45, 2.75) is 79.1 Å². The molecular weight excluding hydrogens is 462 g/mol. The van der Waals surface area contributed by atoms with E-state index in [2.05, 4.69) is 60.1 Å². The molecule has 1 unspecified atom stereocenters. The second-order valence-electron chi connectivity index (χ2n) is 12.3. The molecule has 0 saturated carbocycles. The van der Waals surface area contributed by atoms with Gasteiger partial charge < -0.3 is 14.7 Å². The molecule has 6 nitrogen and oxygen atoms in total. The molecule has 1 saturated heterocycles. The van der Waals surface area contributed by atoms with Gasteiger partial charge in [-0.15, -0.1) is 0 Å². The predicted octanol–water partition coefficient (Wildman–Crippen LogP) is 6.25. The molecule has 0 bridgehead atoms. The fourth-order valence-corrected chi connectivity index (χ4v) is 5.36. The monoisotopic (exact) mass is 505 g/mol. The third kappa shape index (κ3) is 6.79. The van der Waals surface area contributed by atoms with Gasteiger partial charge in [-0.1, -0.05) is 50.3 Å². The van der Waals surface area contributed by atoms with Crippen molar-refractivity contribution in [3.05, 3.63) is 65.0 Å². The van der Waals surface area contributed by atoms with Crippen LogP contribution in [0.2, 0.25) is 0 Å². The van der Waals surface area contributed by atoms with Gasteiger partial charge in [-0.2, -0.15) is 0 Å². The van der Waals surface area contributed by atoms with Crippen LogP contribution in [0.4, 0.5) is 5.69 Å². The largest absolute Gasteiger partial charge is 0.479 e. The molecule has 6 heteroatoms. The van der Waals surface area contributed by atoms with Gasteiger partial charge in [0.15, 0.2) is 6.10 Å². The van der Waals surface area contributed by atoms with Crippen molar-refractivity contribution in [1.29, 1.82) is 0 Å². The molecule has 1 aromatic carbocycles. The van der Waals surface area contributed by atoms with Gasteiger partial charge in [-0.3, -0.25) is 9.88 Å². The van der Waals surface area contributed by atoms with E-state index in [9.17, 15) is 9.90 Å². The molecule has 2 aromatic rings. The minimum Gasteiger partial charge on any atom is -0.479 e. The number of piperidine rings is 1. The number of ether oxygens (including phenoxy) is 1. The number of nitrogens with zero attached hydrogens (tertiary/aromatic N) is 3. The van der Waals surface area contributed by atoms with Crippen molar-refractivity contribution in [2.24, 2.45) is 5.41 Å². The van der Waals surface area contributed by atoms with Gasteiger partial charge in [0.05, 0.1) is 11.3 Å². The van der Waals surface area contributed by atoms with Crippen LogP contribution in [0.1, 0.15) is 82.4 Å². The number of hydrogen-bond donors (Lipinski definition) is 1. The number of anilines is 1. The van der Waals surface area contributed by atoms with Crippen molar-refractivity contribution in [3.8, 4) is 0 Å². The fraction of sp³-hybridized carbons (Fsp3) is 0.548. The van der Waals surface area contributed by atoms with E-state index in [0.717, 1.165) is 68.9 Å². The molecule has 1 aromatic heterocycles. The number of aliphatic carboxylic acids is 1. The van der Waals surface area contributed by atoms with Crippen LogP contribution in [0.25, 0.3) is 5.57 Å². The second-order valence-corrected chi connectivity index (χ2v) is 12.3. The first-order chi connectivity index (χ1) is 17.4. The van der Waals surface area contributed by atoms with E-state index in [1.165, 1.54) is 11.1 Å². The highest BCUT2D eigenvalue weighted by Crippen LogP contribution is 2.43. The molecule has 0 aliphatic carbocycles. The van der Waals surface area contributed by atoms with Crippen LogP contribution < -0.4 is 4.90 Å². The average Bonchev–Trinajstić information content (AvgIpc) is 2.83. The van der Waals surface area contributed by atoms with Crippen molar-refractivity contribution in [3.63, 3.8) is 0 Å². The van der Waals surface area contributed by atoms with Crippen molar-refractivity contribution < 1.29 is 14.6 Å². The summed E-state index contributed by atoms with van der Waals surface area (Å²) in [6, 6.07) is 10.6. The van der Waals surface area contributed by atoms with E-state index in [-0.39, 0.29) is 5.41 Å². The Labute approximate surface area is 222 Å². The molecule has 200 valence electrons. The van der Waals surface area contributed by atoms with Gasteiger partial charge >= 0.3 is 5.97 Å². The maximum atomic E-state index is 12.6. The minimum absolute atomic E-state index is 0.287. The van der Waals surface area contributed by atoms with E-state index < -0.39 is 17.7 Å². The number of pyridine rings is 1. The third-order valence-electron chi connectivity index (χ3n) is 7.57. The highest BCUT2D eigenvalue weighted by Gasteiger charge is 2.36. The average molecular weight is 506 g/mol. The quantitative estimate of drug-likeness (QED) is 0.480. The van der Waals surface area contributed by atoms with Gasteiger partial charge in [-0.05, 0) is 63.5 Å². The first-order valence-corrected chi connectivity index (χ1v) is 13.5. The summed E-state index contributed by atoms with van der Waals surface area (Å²) < 4.78 is 6.17. The summed E-state index contributed by atoms with van der Waals surface area (Å²) in [5.74, 6) is -0.970. The van der Waals surface area contributed by atoms with Crippen LogP contribution in [0.3, 0.4) is 0 Å². The number of carboxylic acids is 1. The number of hydrogen-bond acceptors (Lipinski definition) is 5. The number of benzene rings is 1. The zero-order chi connectivity index (χ0) is 26.8. The molecule has 0 radical (unpaired) electrons. The molecule has 2 aliphatic heterocycles. The summed E-state index contributed by atoms with van der Waals surface area (Å²) in [7, 11) is 0. The minimum atomic E-state index is -1.07. The van der Waals surface area contributed by atoms with E-state index in [1.807, 2.05) is 33.9 Å². The molecule has 1 atom stereocenters. The Morgan fingerprint density at radius 3 is 2.38 bits per heavy atom. The van der Waals surface area contributed by atoms with Gasteiger partial charge in [0, 0.05) is 55.7 Å². The molecule has 37 heavy (non-hydrogen) atoms. The summed E-state index contributed by atoms with van der Waals surface area (Å²) >= 11 is 0. The standard InChI is InChI=1S/C31H43N3O3/c1-22-26(28(29(35)36)37-30(2,3)4)27(34-18-14-31(5,6)15-19-34)25(20-32-22)24-12-16-33(17-13-24)21-23-10-8-7-9-11-23/h7-12,20,28H,13-19,21H2,1-6H3,(H,35,36). The Morgan fingerprint density at radius 2 is 1.81 bits per heavy atom. The van der Waals surface area contributed by atoms with Crippen LogP contribution in [0.15, 0.2) is 42.6 Å². The molecule has 0 spiro atoms. The van der Waals surface area contributed by atoms with Crippen LogP contribution in [-0.2, 0) is 16.1 Å². The number of aromatic nitrogens is 1. The Morgan fingerprint density at radius 1 is 1.14 bits per heavy atom. The van der Waals surface area contributed by atoms with Gasteiger partial charge in [-0.25, -0.2) is 4.79 Å². The second kappa shape index (κ2) is 11.0. The summed E-state index contributed by atoms with van der Waals surface area (Å²) in [6.45, 7) is 16.8. The zero-order valence-corrected chi connectivity index (χ0v) is 23.4. The number of rotatable bonds is 7. The summed E-state index contributed by atoms with van der Waals surface area (Å²) in [5.41, 5.74) is 5.74. The number of carboxylic acid groups (broad SMARTS) is 1. The van der Waals surface area contributed by atoms with Crippen LogP contribution >= 0.6 is 0 Å². The van der Waals surface area contributed by atoms with Crippen LogP contribution in [0, 0.1) is 12.3 Å². The predicted molar refractivity (Wildman–Crippen MR) is 150 cm³/mol. The van der Waals surface area contributed by atoms with E-state index in [0.29, 0.717) is 5.56 Å². The molecular formula is C31H43N3O3. The molecule has 1 N–H and O–H groups in total. The van der Waals surface area contributed by atoms with Gasteiger partial charge in [0.1, 0.15) is 0 Å². The highest BCUT2D eigenvalue weighted by molar-refractivity contribution is 5.85. The maximum Gasteiger partial charge on any atom is 0.337 e. The number of carbonyl (C=O) groups is 1. The normalized spacial score (nSPS) is 19.4. The topological polar surface area (TPSA) is 65.9 Å². The summed E-state index contributed by atoms with van der Waals surface area (Å²) in [4.78, 5) is 22.2. The van der Waals surface area contributed by atoms with Crippen molar-refractivity contribution in [1.82, 2.24) is 9.88 Å². The third-order valence-corrected chi connectivity index (χ3v) is 7.57. The van der Waals surface area contributed by atoms with E-state index >= 15 is 0 Å².